The molecular formula is C10H10BrN3. The molecule has 0 amide bonds. The molecule has 1 heterocycles. The minimum absolute atomic E-state index is 0.455. The minimum atomic E-state index is 0.455. The van der Waals surface area contributed by atoms with Crippen molar-refractivity contribution in [1.29, 1.82) is 5.26 Å². The van der Waals surface area contributed by atoms with E-state index in [-0.39, 0.29) is 0 Å². The summed E-state index contributed by atoms with van der Waals surface area (Å²) in [6.45, 7) is 1.94. The lowest BCUT2D eigenvalue weighted by Crippen LogP contribution is -2.51. The van der Waals surface area contributed by atoms with Crippen molar-refractivity contribution in [2.75, 3.05) is 18.4 Å². The van der Waals surface area contributed by atoms with Gasteiger partial charge in [0.25, 0.3) is 0 Å². The van der Waals surface area contributed by atoms with Crippen LogP contribution in [0.5, 0.6) is 0 Å². The van der Waals surface area contributed by atoms with E-state index in [9.17, 15) is 0 Å². The van der Waals surface area contributed by atoms with Crippen molar-refractivity contribution in [3.05, 3.63) is 28.2 Å². The Morgan fingerprint density at radius 2 is 2.29 bits per heavy atom. The van der Waals surface area contributed by atoms with Gasteiger partial charge >= 0.3 is 0 Å². The third-order valence-corrected chi connectivity index (χ3v) is 2.74. The molecule has 0 unspecified atom stereocenters. The summed E-state index contributed by atoms with van der Waals surface area (Å²) in [7, 11) is 0. The lowest BCUT2D eigenvalue weighted by atomic mass is 10.1. The molecule has 0 bridgehead atoms. The second kappa shape index (κ2) is 3.99. The Morgan fingerprint density at radius 1 is 1.50 bits per heavy atom. The zero-order chi connectivity index (χ0) is 9.97. The monoisotopic (exact) mass is 251 g/mol. The number of hydrogen-bond donors (Lipinski definition) is 2. The van der Waals surface area contributed by atoms with Gasteiger partial charge in [-0.05, 0) is 18.2 Å². The SMILES string of the molecule is N#Cc1ccc(Br)cc1NC1CNC1. The maximum Gasteiger partial charge on any atom is 0.101 e. The van der Waals surface area contributed by atoms with E-state index in [1.54, 1.807) is 0 Å². The van der Waals surface area contributed by atoms with Crippen molar-refractivity contribution < 1.29 is 0 Å². The number of rotatable bonds is 2. The first kappa shape index (κ1) is 9.50. The molecule has 2 N–H and O–H groups in total. The Labute approximate surface area is 91.2 Å². The molecule has 1 aromatic carbocycles. The standard InChI is InChI=1S/C10H10BrN3/c11-8-2-1-7(4-12)10(3-8)14-9-5-13-6-9/h1-3,9,13-14H,5-6H2. The predicted octanol–water partition coefficient (Wildman–Crippen LogP) is 1.70. The number of anilines is 1. The van der Waals surface area contributed by atoms with Crippen LogP contribution in [0.1, 0.15) is 5.56 Å². The van der Waals surface area contributed by atoms with Crippen LogP contribution < -0.4 is 10.6 Å². The van der Waals surface area contributed by atoms with Crippen LogP contribution >= 0.6 is 15.9 Å². The molecule has 0 saturated carbocycles. The number of hydrogen-bond acceptors (Lipinski definition) is 3. The number of nitriles is 1. The highest BCUT2D eigenvalue weighted by Gasteiger charge is 2.17. The van der Waals surface area contributed by atoms with Gasteiger partial charge in [0.05, 0.1) is 17.3 Å². The number of nitrogens with zero attached hydrogens (tertiary/aromatic N) is 1. The first-order chi connectivity index (χ1) is 6.79. The molecule has 4 heteroatoms. The Balaban J connectivity index is 2.21. The summed E-state index contributed by atoms with van der Waals surface area (Å²) in [5.74, 6) is 0. The molecule has 1 fully saturated rings. The molecule has 1 aromatic rings. The fraction of sp³-hybridized carbons (Fsp3) is 0.300. The largest absolute Gasteiger partial charge is 0.379 e. The molecule has 0 aliphatic carbocycles. The highest BCUT2D eigenvalue weighted by Crippen LogP contribution is 2.21. The summed E-state index contributed by atoms with van der Waals surface area (Å²) in [6, 6.07) is 8.26. The average Bonchev–Trinajstić information content (AvgIpc) is 2.12. The van der Waals surface area contributed by atoms with Gasteiger partial charge in [0.15, 0.2) is 0 Å². The molecular weight excluding hydrogens is 242 g/mol. The van der Waals surface area contributed by atoms with Crippen molar-refractivity contribution in [3.8, 4) is 6.07 Å². The van der Waals surface area contributed by atoms with Crippen molar-refractivity contribution in [2.24, 2.45) is 0 Å². The van der Waals surface area contributed by atoms with Crippen molar-refractivity contribution in [2.45, 2.75) is 6.04 Å². The lowest BCUT2D eigenvalue weighted by molar-refractivity contribution is 0.472. The number of nitrogens with one attached hydrogen (secondary N) is 2. The maximum absolute atomic E-state index is 8.89. The summed E-state index contributed by atoms with van der Waals surface area (Å²) in [4.78, 5) is 0. The third-order valence-electron chi connectivity index (χ3n) is 2.24. The van der Waals surface area contributed by atoms with E-state index in [0.717, 1.165) is 23.2 Å². The van der Waals surface area contributed by atoms with Gasteiger partial charge in [-0.3, -0.25) is 0 Å². The van der Waals surface area contributed by atoms with Crippen molar-refractivity contribution >= 4 is 21.6 Å². The fourth-order valence-electron chi connectivity index (χ4n) is 1.34. The van der Waals surface area contributed by atoms with E-state index in [4.69, 9.17) is 5.26 Å². The summed E-state index contributed by atoms with van der Waals surface area (Å²) < 4.78 is 0.992. The highest BCUT2D eigenvalue weighted by molar-refractivity contribution is 9.10. The van der Waals surface area contributed by atoms with E-state index < -0.39 is 0 Å². The lowest BCUT2D eigenvalue weighted by Gasteiger charge is -2.29. The summed E-state index contributed by atoms with van der Waals surface area (Å²) in [5, 5.41) is 15.4. The van der Waals surface area contributed by atoms with Gasteiger partial charge in [0, 0.05) is 17.6 Å². The quantitative estimate of drug-likeness (QED) is 0.842. The molecule has 1 aliphatic heterocycles. The molecule has 0 atom stereocenters. The number of halogens is 1. The average molecular weight is 252 g/mol. The molecule has 1 aliphatic rings. The van der Waals surface area contributed by atoms with Crippen LogP contribution in [0.2, 0.25) is 0 Å². The number of benzene rings is 1. The van der Waals surface area contributed by atoms with Crippen LogP contribution in [0, 0.1) is 11.3 Å². The van der Waals surface area contributed by atoms with Crippen LogP contribution in [0.3, 0.4) is 0 Å². The normalized spacial score (nSPS) is 15.7. The summed E-state index contributed by atoms with van der Waals surface area (Å²) in [5.41, 5.74) is 1.61. The Morgan fingerprint density at radius 3 is 2.86 bits per heavy atom. The molecule has 0 spiro atoms. The van der Waals surface area contributed by atoms with Gasteiger partial charge < -0.3 is 10.6 Å². The second-order valence-corrected chi connectivity index (χ2v) is 4.22. The van der Waals surface area contributed by atoms with Gasteiger partial charge in [-0.15, -0.1) is 0 Å². The van der Waals surface area contributed by atoms with Gasteiger partial charge in [0.2, 0.25) is 0 Å². The Bertz CT molecular complexity index is 379. The van der Waals surface area contributed by atoms with E-state index in [1.165, 1.54) is 0 Å². The van der Waals surface area contributed by atoms with E-state index in [1.807, 2.05) is 18.2 Å². The first-order valence-corrected chi connectivity index (χ1v) is 5.26. The molecule has 2 rings (SSSR count). The zero-order valence-corrected chi connectivity index (χ0v) is 9.13. The van der Waals surface area contributed by atoms with Gasteiger partial charge in [-0.2, -0.15) is 5.26 Å². The molecule has 72 valence electrons. The van der Waals surface area contributed by atoms with E-state index >= 15 is 0 Å². The second-order valence-electron chi connectivity index (χ2n) is 3.30. The third kappa shape index (κ3) is 1.89. The smallest absolute Gasteiger partial charge is 0.101 e. The summed E-state index contributed by atoms with van der Waals surface area (Å²) >= 11 is 3.39. The van der Waals surface area contributed by atoms with Crippen LogP contribution in [0.15, 0.2) is 22.7 Å². The molecule has 3 nitrogen and oxygen atoms in total. The Hall–Kier alpha value is -1.05. The zero-order valence-electron chi connectivity index (χ0n) is 7.55. The van der Waals surface area contributed by atoms with E-state index in [2.05, 4.69) is 32.6 Å². The molecule has 0 radical (unpaired) electrons. The van der Waals surface area contributed by atoms with E-state index in [0.29, 0.717) is 11.6 Å². The van der Waals surface area contributed by atoms with Crippen LogP contribution in [-0.4, -0.2) is 19.1 Å². The van der Waals surface area contributed by atoms with Crippen molar-refractivity contribution in [3.63, 3.8) is 0 Å². The van der Waals surface area contributed by atoms with Crippen LogP contribution in [0.25, 0.3) is 0 Å². The van der Waals surface area contributed by atoms with Gasteiger partial charge in [0.1, 0.15) is 6.07 Å². The van der Waals surface area contributed by atoms with Crippen LogP contribution in [0.4, 0.5) is 5.69 Å². The Kier molecular flexibility index (Phi) is 2.71. The minimum Gasteiger partial charge on any atom is -0.379 e. The van der Waals surface area contributed by atoms with Gasteiger partial charge in [-0.1, -0.05) is 15.9 Å². The molecule has 0 aromatic heterocycles. The molecule has 1 saturated heterocycles. The maximum atomic E-state index is 8.89. The molecule has 14 heavy (non-hydrogen) atoms. The highest BCUT2D eigenvalue weighted by atomic mass is 79.9. The van der Waals surface area contributed by atoms with Crippen LogP contribution in [-0.2, 0) is 0 Å². The van der Waals surface area contributed by atoms with Gasteiger partial charge in [-0.25, -0.2) is 0 Å². The predicted molar refractivity (Wildman–Crippen MR) is 59.1 cm³/mol. The summed E-state index contributed by atoms with van der Waals surface area (Å²) in [6.07, 6.45) is 0. The topological polar surface area (TPSA) is 47.9 Å². The first-order valence-electron chi connectivity index (χ1n) is 4.46. The fourth-order valence-corrected chi connectivity index (χ4v) is 1.71. The van der Waals surface area contributed by atoms with Crippen molar-refractivity contribution in [1.82, 2.24) is 5.32 Å².